The minimum Gasteiger partial charge on any atom is -0.373 e. The van der Waals surface area contributed by atoms with Gasteiger partial charge in [0.1, 0.15) is 6.10 Å². The molecular formula is C12H23N3OS. The molecule has 0 aromatic carbocycles. The number of nitrogens with zero attached hydrogens (tertiary/aromatic N) is 2. The Bertz CT molecular complexity index is 344. The summed E-state index contributed by atoms with van der Waals surface area (Å²) >= 11 is 1.40. The molecular weight excluding hydrogens is 234 g/mol. The molecule has 0 radical (unpaired) electrons. The Morgan fingerprint density at radius 2 is 2.00 bits per heavy atom. The van der Waals surface area contributed by atoms with E-state index in [9.17, 15) is 0 Å². The van der Waals surface area contributed by atoms with Gasteiger partial charge in [-0.1, -0.05) is 34.6 Å². The van der Waals surface area contributed by atoms with Crippen LogP contribution in [0.5, 0.6) is 0 Å². The highest BCUT2D eigenvalue weighted by Crippen LogP contribution is 2.34. The number of rotatable bonds is 5. The maximum absolute atomic E-state index is 5.49. The molecule has 1 aromatic rings. The van der Waals surface area contributed by atoms with Gasteiger partial charge < -0.3 is 10.1 Å². The molecule has 0 aliphatic carbocycles. The third-order valence-electron chi connectivity index (χ3n) is 2.36. The highest BCUT2D eigenvalue weighted by atomic mass is 32.1. The highest BCUT2D eigenvalue weighted by molar-refractivity contribution is 7.09. The zero-order valence-corrected chi connectivity index (χ0v) is 12.4. The van der Waals surface area contributed by atoms with Crippen LogP contribution in [-0.2, 0) is 4.74 Å². The average molecular weight is 257 g/mol. The molecule has 4 nitrogen and oxygen atoms in total. The fourth-order valence-electron chi connectivity index (χ4n) is 1.55. The molecule has 0 bridgehead atoms. The van der Waals surface area contributed by atoms with Crippen molar-refractivity contribution in [3.63, 3.8) is 0 Å². The van der Waals surface area contributed by atoms with Crippen LogP contribution in [0.25, 0.3) is 0 Å². The first-order chi connectivity index (χ1) is 7.84. The van der Waals surface area contributed by atoms with Gasteiger partial charge in [0, 0.05) is 25.2 Å². The molecule has 1 unspecified atom stereocenters. The summed E-state index contributed by atoms with van der Waals surface area (Å²) in [5.74, 6) is 1.37. The summed E-state index contributed by atoms with van der Waals surface area (Å²) in [5.41, 5.74) is 0.00510. The van der Waals surface area contributed by atoms with Crippen LogP contribution in [0.2, 0.25) is 0 Å². The van der Waals surface area contributed by atoms with E-state index < -0.39 is 0 Å². The number of anilines is 1. The maximum atomic E-state index is 5.49. The Labute approximate surface area is 108 Å². The van der Waals surface area contributed by atoms with Crippen molar-refractivity contribution in [3.05, 3.63) is 5.82 Å². The number of hydrogen-bond acceptors (Lipinski definition) is 5. The first-order valence-electron chi connectivity index (χ1n) is 5.95. The Morgan fingerprint density at radius 1 is 1.35 bits per heavy atom. The van der Waals surface area contributed by atoms with Crippen molar-refractivity contribution in [1.29, 1.82) is 0 Å². The minimum absolute atomic E-state index is 0.00510. The van der Waals surface area contributed by atoms with Gasteiger partial charge >= 0.3 is 0 Å². The SMILES string of the molecule is COC(c1nsc(NCC(C)C)n1)C(C)(C)C. The Morgan fingerprint density at radius 3 is 2.47 bits per heavy atom. The lowest BCUT2D eigenvalue weighted by atomic mass is 9.88. The summed E-state index contributed by atoms with van der Waals surface area (Å²) < 4.78 is 9.87. The van der Waals surface area contributed by atoms with Gasteiger partial charge in [-0.2, -0.15) is 4.37 Å². The molecule has 0 saturated heterocycles. The molecule has 17 heavy (non-hydrogen) atoms. The van der Waals surface area contributed by atoms with Crippen LogP contribution in [0.1, 0.15) is 46.5 Å². The number of nitrogens with one attached hydrogen (secondary N) is 1. The van der Waals surface area contributed by atoms with E-state index in [-0.39, 0.29) is 11.5 Å². The maximum Gasteiger partial charge on any atom is 0.202 e. The largest absolute Gasteiger partial charge is 0.373 e. The molecule has 1 N–H and O–H groups in total. The molecule has 0 aliphatic heterocycles. The third kappa shape index (κ3) is 4.24. The predicted molar refractivity (Wildman–Crippen MR) is 72.4 cm³/mol. The number of hydrogen-bond donors (Lipinski definition) is 1. The van der Waals surface area contributed by atoms with Gasteiger partial charge in [-0.05, 0) is 11.3 Å². The van der Waals surface area contributed by atoms with Crippen molar-refractivity contribution in [2.45, 2.75) is 40.7 Å². The van der Waals surface area contributed by atoms with Crippen LogP contribution >= 0.6 is 11.5 Å². The molecule has 0 aliphatic rings. The zero-order chi connectivity index (χ0) is 13.1. The lowest BCUT2D eigenvalue weighted by Crippen LogP contribution is -2.21. The zero-order valence-electron chi connectivity index (χ0n) is 11.6. The van der Waals surface area contributed by atoms with Gasteiger partial charge in [-0.15, -0.1) is 0 Å². The molecule has 1 rings (SSSR count). The summed E-state index contributed by atoms with van der Waals surface area (Å²) in [6.07, 6.45) is -0.0617. The third-order valence-corrected chi connectivity index (χ3v) is 3.05. The minimum atomic E-state index is -0.0617. The van der Waals surface area contributed by atoms with Crippen LogP contribution in [0, 0.1) is 11.3 Å². The average Bonchev–Trinajstić information content (AvgIpc) is 2.62. The first-order valence-corrected chi connectivity index (χ1v) is 6.72. The van der Waals surface area contributed by atoms with Gasteiger partial charge in [0.05, 0.1) is 0 Å². The summed E-state index contributed by atoms with van der Waals surface area (Å²) in [4.78, 5) is 4.49. The highest BCUT2D eigenvalue weighted by Gasteiger charge is 2.29. The van der Waals surface area contributed by atoms with Crippen molar-refractivity contribution >= 4 is 16.7 Å². The second-order valence-electron chi connectivity index (χ2n) is 5.71. The van der Waals surface area contributed by atoms with Gasteiger partial charge in [-0.3, -0.25) is 0 Å². The monoisotopic (exact) mass is 257 g/mol. The van der Waals surface area contributed by atoms with Crippen LogP contribution in [0.4, 0.5) is 5.13 Å². The first kappa shape index (κ1) is 14.4. The summed E-state index contributed by atoms with van der Waals surface area (Å²) in [6.45, 7) is 11.6. The molecule has 1 heterocycles. The molecule has 1 aromatic heterocycles. The number of methoxy groups -OCH3 is 1. The fourth-order valence-corrected chi connectivity index (χ4v) is 2.15. The second-order valence-corrected chi connectivity index (χ2v) is 6.47. The van der Waals surface area contributed by atoms with Crippen molar-refractivity contribution in [2.75, 3.05) is 19.0 Å². The Balaban J connectivity index is 2.72. The van der Waals surface area contributed by atoms with Crippen molar-refractivity contribution in [1.82, 2.24) is 9.36 Å². The van der Waals surface area contributed by atoms with E-state index in [0.717, 1.165) is 17.5 Å². The smallest absolute Gasteiger partial charge is 0.202 e. The van der Waals surface area contributed by atoms with E-state index in [1.165, 1.54) is 11.5 Å². The molecule has 98 valence electrons. The predicted octanol–water partition coefficient (Wildman–Crippen LogP) is 3.34. The second kappa shape index (κ2) is 5.78. The van der Waals surface area contributed by atoms with Crippen molar-refractivity contribution < 1.29 is 4.74 Å². The summed E-state index contributed by atoms with van der Waals surface area (Å²) in [7, 11) is 1.71. The summed E-state index contributed by atoms with van der Waals surface area (Å²) in [5, 5.41) is 4.16. The number of aromatic nitrogens is 2. The molecule has 0 saturated carbocycles. The Kier molecular flexibility index (Phi) is 4.89. The van der Waals surface area contributed by atoms with Gasteiger partial charge in [-0.25, -0.2) is 4.98 Å². The normalized spacial score (nSPS) is 14.1. The summed E-state index contributed by atoms with van der Waals surface area (Å²) in [6, 6.07) is 0. The van der Waals surface area contributed by atoms with E-state index in [1.807, 2.05) is 0 Å². The molecule has 0 amide bonds. The van der Waals surface area contributed by atoms with E-state index in [1.54, 1.807) is 7.11 Å². The number of ether oxygens (including phenoxy) is 1. The molecule has 5 heteroatoms. The lowest BCUT2D eigenvalue weighted by Gasteiger charge is -2.26. The van der Waals surface area contributed by atoms with Gasteiger partial charge in [0.2, 0.25) is 5.13 Å². The van der Waals surface area contributed by atoms with Gasteiger partial charge in [0.25, 0.3) is 0 Å². The fraction of sp³-hybridized carbons (Fsp3) is 0.833. The van der Waals surface area contributed by atoms with Crippen LogP contribution in [-0.4, -0.2) is 23.0 Å². The van der Waals surface area contributed by atoms with Crippen LogP contribution in [0.15, 0.2) is 0 Å². The Hall–Kier alpha value is -0.680. The quantitative estimate of drug-likeness (QED) is 0.879. The molecule has 1 atom stereocenters. The van der Waals surface area contributed by atoms with E-state index in [0.29, 0.717) is 5.92 Å². The molecule has 0 spiro atoms. The van der Waals surface area contributed by atoms with E-state index >= 15 is 0 Å². The van der Waals surface area contributed by atoms with E-state index in [2.05, 4.69) is 49.3 Å². The van der Waals surface area contributed by atoms with Crippen molar-refractivity contribution in [2.24, 2.45) is 11.3 Å². The lowest BCUT2D eigenvalue weighted by molar-refractivity contribution is 0.00960. The van der Waals surface area contributed by atoms with Crippen molar-refractivity contribution in [3.8, 4) is 0 Å². The molecule has 0 fully saturated rings. The van der Waals surface area contributed by atoms with E-state index in [4.69, 9.17) is 4.74 Å². The van der Waals surface area contributed by atoms with Crippen LogP contribution in [0.3, 0.4) is 0 Å². The topological polar surface area (TPSA) is 47.0 Å². The standard InChI is InChI=1S/C12H23N3OS/c1-8(2)7-13-11-14-10(15-17-11)9(16-6)12(3,4)5/h8-9H,7H2,1-6H3,(H,13,14,15). The van der Waals surface area contributed by atoms with Crippen LogP contribution < -0.4 is 5.32 Å². The van der Waals surface area contributed by atoms with Gasteiger partial charge in [0.15, 0.2) is 5.82 Å².